The summed E-state index contributed by atoms with van der Waals surface area (Å²) in [6.07, 6.45) is 0. The number of carbonyl (C=O) groups is 2. The van der Waals surface area contributed by atoms with Crippen molar-refractivity contribution in [2.45, 2.75) is 57.6 Å². The number of rotatable bonds is 9. The lowest BCUT2D eigenvalue weighted by Gasteiger charge is -2.33. The molecule has 0 aliphatic carbocycles. The monoisotopic (exact) mass is 573 g/mol. The Bertz CT molecular complexity index is 1440. The lowest BCUT2D eigenvalue weighted by molar-refractivity contribution is -0.140. The lowest BCUT2D eigenvalue weighted by atomic mass is 10.1. The van der Waals surface area contributed by atoms with Crippen LogP contribution in [-0.2, 0) is 26.2 Å². The molecule has 0 aliphatic rings. The third kappa shape index (κ3) is 7.58. The molecule has 2 amide bonds. The van der Waals surface area contributed by atoms with E-state index in [1.165, 1.54) is 23.1 Å². The number of carbonyl (C=O) groups excluding carboxylic acids is 2. The van der Waals surface area contributed by atoms with E-state index in [-0.39, 0.29) is 28.1 Å². The van der Waals surface area contributed by atoms with Crippen molar-refractivity contribution in [2.75, 3.05) is 10.8 Å². The van der Waals surface area contributed by atoms with Crippen molar-refractivity contribution in [3.05, 3.63) is 94.8 Å². The van der Waals surface area contributed by atoms with Gasteiger partial charge in [0.1, 0.15) is 18.4 Å². The van der Waals surface area contributed by atoms with Crippen LogP contribution in [0.3, 0.4) is 0 Å². The van der Waals surface area contributed by atoms with Gasteiger partial charge in [0.05, 0.1) is 15.6 Å². The molecule has 0 unspecified atom stereocenters. The maximum absolute atomic E-state index is 14.0. The fourth-order valence-corrected chi connectivity index (χ4v) is 5.52. The highest BCUT2D eigenvalue weighted by Crippen LogP contribution is 2.28. The van der Waals surface area contributed by atoms with Gasteiger partial charge in [-0.05, 0) is 76.1 Å². The van der Waals surface area contributed by atoms with E-state index < -0.39 is 39.9 Å². The average molecular weight is 574 g/mol. The predicted octanol–water partition coefficient (Wildman–Crippen LogP) is 5.31. The molecule has 0 spiro atoms. The Balaban J connectivity index is 2.06. The third-order valence-corrected chi connectivity index (χ3v) is 8.15. The van der Waals surface area contributed by atoms with Crippen molar-refractivity contribution >= 4 is 39.1 Å². The molecule has 7 nitrogen and oxygen atoms in total. The Morgan fingerprint density at radius 2 is 1.62 bits per heavy atom. The first-order chi connectivity index (χ1) is 18.2. The number of amides is 2. The molecule has 0 saturated carbocycles. The van der Waals surface area contributed by atoms with Gasteiger partial charge < -0.3 is 10.2 Å². The van der Waals surface area contributed by atoms with Crippen LogP contribution in [0.5, 0.6) is 0 Å². The van der Waals surface area contributed by atoms with Crippen molar-refractivity contribution < 1.29 is 22.4 Å². The van der Waals surface area contributed by atoms with Gasteiger partial charge in [-0.2, -0.15) is 0 Å². The minimum absolute atomic E-state index is 0.0150. The van der Waals surface area contributed by atoms with E-state index in [9.17, 15) is 22.4 Å². The number of nitrogens with one attached hydrogen (secondary N) is 1. The molecule has 3 aromatic rings. The van der Waals surface area contributed by atoms with Gasteiger partial charge in [-0.3, -0.25) is 13.9 Å². The van der Waals surface area contributed by atoms with E-state index in [0.29, 0.717) is 0 Å². The first kappa shape index (κ1) is 30.1. The van der Waals surface area contributed by atoms with Crippen LogP contribution in [0.1, 0.15) is 38.8 Å². The molecule has 3 rings (SSSR count). The Morgan fingerprint density at radius 3 is 2.21 bits per heavy atom. The SMILES string of the molecule is Cc1ccccc1CN(C(=O)CN(c1ccc(F)c(Cl)c1)S(=O)(=O)c1ccccc1)[C@H](C)C(=O)NC(C)(C)C. The van der Waals surface area contributed by atoms with Gasteiger partial charge in [0.25, 0.3) is 10.0 Å². The molecule has 0 heterocycles. The quantitative estimate of drug-likeness (QED) is 0.376. The molecule has 1 N–H and O–H groups in total. The average Bonchev–Trinajstić information content (AvgIpc) is 2.87. The highest BCUT2D eigenvalue weighted by Gasteiger charge is 2.33. The van der Waals surface area contributed by atoms with Gasteiger partial charge in [0, 0.05) is 12.1 Å². The van der Waals surface area contributed by atoms with Crippen LogP contribution in [0.15, 0.2) is 77.7 Å². The van der Waals surface area contributed by atoms with Crippen LogP contribution in [0.4, 0.5) is 10.1 Å². The second-order valence-corrected chi connectivity index (χ2v) is 12.6. The number of hydrogen-bond acceptors (Lipinski definition) is 4. The standard InChI is InChI=1S/C29H33ClFN3O4S/c1-20-11-9-10-12-22(20)18-33(21(2)28(36)32-29(3,4)5)27(35)19-34(23-15-16-26(31)25(30)17-23)39(37,38)24-13-7-6-8-14-24/h6-17,21H,18-19H2,1-5H3,(H,32,36)/t21-/m1/s1. The third-order valence-electron chi connectivity index (χ3n) is 6.07. The summed E-state index contributed by atoms with van der Waals surface area (Å²) in [5.74, 6) is -1.72. The molecular weight excluding hydrogens is 541 g/mol. The molecule has 0 bridgehead atoms. The molecule has 0 aliphatic heterocycles. The number of halogens is 2. The minimum atomic E-state index is -4.26. The van der Waals surface area contributed by atoms with Crippen molar-refractivity contribution in [1.29, 1.82) is 0 Å². The summed E-state index contributed by atoms with van der Waals surface area (Å²) in [5, 5.41) is 2.60. The summed E-state index contributed by atoms with van der Waals surface area (Å²) in [6, 6.07) is 17.6. The smallest absolute Gasteiger partial charge is 0.264 e. The van der Waals surface area contributed by atoms with Crippen molar-refractivity contribution in [3.63, 3.8) is 0 Å². The van der Waals surface area contributed by atoms with Crippen LogP contribution in [0.2, 0.25) is 5.02 Å². The predicted molar refractivity (Wildman–Crippen MR) is 151 cm³/mol. The van der Waals surface area contributed by atoms with Gasteiger partial charge >= 0.3 is 0 Å². The zero-order chi connectivity index (χ0) is 29.0. The second-order valence-electron chi connectivity index (χ2n) is 10.3. The van der Waals surface area contributed by atoms with Gasteiger partial charge in [-0.1, -0.05) is 54.1 Å². The molecule has 10 heteroatoms. The number of benzene rings is 3. The van der Waals surface area contributed by atoms with E-state index >= 15 is 0 Å². The highest BCUT2D eigenvalue weighted by molar-refractivity contribution is 7.92. The summed E-state index contributed by atoms with van der Waals surface area (Å²) >= 11 is 5.99. The zero-order valence-corrected chi connectivity index (χ0v) is 24.2. The van der Waals surface area contributed by atoms with Crippen LogP contribution < -0.4 is 9.62 Å². The molecule has 3 aromatic carbocycles. The number of anilines is 1. The fraction of sp³-hybridized carbons (Fsp3) is 0.310. The first-order valence-corrected chi connectivity index (χ1v) is 14.2. The molecule has 0 aromatic heterocycles. The minimum Gasteiger partial charge on any atom is -0.350 e. The topological polar surface area (TPSA) is 86.8 Å². The van der Waals surface area contributed by atoms with Crippen LogP contribution in [0.25, 0.3) is 0 Å². The van der Waals surface area contributed by atoms with Crippen LogP contribution in [-0.4, -0.2) is 43.3 Å². The Labute approximate surface area is 234 Å². The summed E-state index contributed by atoms with van der Waals surface area (Å²) in [4.78, 5) is 28.4. The Kier molecular flexibility index (Phi) is 9.40. The number of sulfonamides is 1. The molecule has 39 heavy (non-hydrogen) atoms. The van der Waals surface area contributed by atoms with E-state index in [0.717, 1.165) is 27.6 Å². The maximum atomic E-state index is 14.0. The number of nitrogens with zero attached hydrogens (tertiary/aromatic N) is 2. The van der Waals surface area contributed by atoms with Gasteiger partial charge in [0.15, 0.2) is 0 Å². The maximum Gasteiger partial charge on any atom is 0.264 e. The molecule has 0 saturated heterocycles. The molecular formula is C29H33ClFN3O4S. The van der Waals surface area contributed by atoms with Gasteiger partial charge in [0.2, 0.25) is 11.8 Å². The summed E-state index contributed by atoms with van der Waals surface area (Å²) in [5.41, 5.74) is 1.19. The van der Waals surface area contributed by atoms with Crippen molar-refractivity contribution in [3.8, 4) is 0 Å². The Morgan fingerprint density at radius 1 is 1.00 bits per heavy atom. The molecule has 208 valence electrons. The summed E-state index contributed by atoms with van der Waals surface area (Å²) < 4.78 is 42.3. The van der Waals surface area contributed by atoms with Crippen molar-refractivity contribution in [2.24, 2.45) is 0 Å². The van der Waals surface area contributed by atoms with E-state index in [1.54, 1.807) is 25.1 Å². The molecule has 0 radical (unpaired) electrons. The van der Waals surface area contributed by atoms with Crippen LogP contribution in [0, 0.1) is 12.7 Å². The molecule has 0 fully saturated rings. The largest absolute Gasteiger partial charge is 0.350 e. The number of hydrogen-bond donors (Lipinski definition) is 1. The molecule has 1 atom stereocenters. The lowest BCUT2D eigenvalue weighted by Crippen LogP contribution is -2.54. The summed E-state index contributed by atoms with van der Waals surface area (Å²) in [7, 11) is -4.26. The van der Waals surface area contributed by atoms with E-state index in [2.05, 4.69) is 5.32 Å². The zero-order valence-electron chi connectivity index (χ0n) is 22.6. The normalized spacial score (nSPS) is 12.5. The summed E-state index contributed by atoms with van der Waals surface area (Å²) in [6.45, 7) is 8.42. The van der Waals surface area contributed by atoms with Crippen LogP contribution >= 0.6 is 11.6 Å². The van der Waals surface area contributed by atoms with E-state index in [4.69, 9.17) is 11.6 Å². The Hall–Kier alpha value is -3.43. The van der Waals surface area contributed by atoms with Gasteiger partial charge in [-0.25, -0.2) is 12.8 Å². The fourth-order valence-electron chi connectivity index (χ4n) is 3.92. The highest BCUT2D eigenvalue weighted by atomic mass is 35.5. The van der Waals surface area contributed by atoms with E-state index in [1.807, 2.05) is 52.0 Å². The first-order valence-electron chi connectivity index (χ1n) is 12.4. The number of aryl methyl sites for hydroxylation is 1. The van der Waals surface area contributed by atoms with Crippen molar-refractivity contribution in [1.82, 2.24) is 10.2 Å². The van der Waals surface area contributed by atoms with Gasteiger partial charge in [-0.15, -0.1) is 0 Å². The second kappa shape index (κ2) is 12.2.